The first kappa shape index (κ1) is 19.9. The van der Waals surface area contributed by atoms with Gasteiger partial charge in [-0.25, -0.2) is 0 Å². The van der Waals surface area contributed by atoms with E-state index in [1.54, 1.807) is 11.4 Å². The van der Waals surface area contributed by atoms with Crippen LogP contribution in [-0.4, -0.2) is 26.4 Å². The number of aromatic nitrogens is 3. The molecule has 2 aromatic heterocycles. The van der Waals surface area contributed by atoms with Crippen LogP contribution in [0.4, 0.5) is 5.00 Å². The van der Waals surface area contributed by atoms with Crippen LogP contribution < -0.4 is 10.1 Å². The molecule has 0 radical (unpaired) electrons. The second-order valence-corrected chi connectivity index (χ2v) is 7.71. The first-order valence-corrected chi connectivity index (χ1v) is 10.5. The molecule has 1 amide bonds. The van der Waals surface area contributed by atoms with Crippen LogP contribution in [0.5, 0.6) is 5.75 Å². The molecule has 0 aliphatic heterocycles. The number of amides is 1. The molecule has 1 aromatic carbocycles. The number of nitrogens with one attached hydrogen (secondary N) is 1. The monoisotopic (exact) mass is 413 g/mol. The van der Waals surface area contributed by atoms with Crippen molar-refractivity contribution >= 4 is 34.0 Å². The van der Waals surface area contributed by atoms with Gasteiger partial charge in [0.05, 0.1) is 11.3 Å². The van der Waals surface area contributed by atoms with Crippen molar-refractivity contribution in [1.29, 1.82) is 5.26 Å². The number of benzene rings is 1. The third-order valence-corrected chi connectivity index (χ3v) is 5.85. The SMILES string of the molecule is CCc1ccc(OCc2nnc(SCC(=O)Nc3sccc3C#N)n2C)cc1. The third-order valence-electron chi connectivity index (χ3n) is 4.00. The van der Waals surface area contributed by atoms with Gasteiger partial charge in [-0.05, 0) is 35.6 Å². The normalized spacial score (nSPS) is 10.5. The van der Waals surface area contributed by atoms with E-state index in [1.165, 1.54) is 28.7 Å². The van der Waals surface area contributed by atoms with Crippen molar-refractivity contribution in [2.75, 3.05) is 11.1 Å². The van der Waals surface area contributed by atoms with Gasteiger partial charge in [0, 0.05) is 7.05 Å². The lowest BCUT2D eigenvalue weighted by atomic mass is 10.2. The molecule has 3 rings (SSSR count). The van der Waals surface area contributed by atoms with Gasteiger partial charge >= 0.3 is 0 Å². The second kappa shape index (κ2) is 9.39. The minimum Gasteiger partial charge on any atom is -0.486 e. The molecule has 28 heavy (non-hydrogen) atoms. The first-order chi connectivity index (χ1) is 13.6. The van der Waals surface area contributed by atoms with Crippen molar-refractivity contribution in [3.05, 3.63) is 52.7 Å². The Balaban J connectivity index is 1.52. The Labute approximate surface area is 171 Å². The highest BCUT2D eigenvalue weighted by Gasteiger charge is 2.13. The standard InChI is InChI=1S/C19H19N5O2S2/c1-3-13-4-6-15(7-5-13)26-11-16-22-23-19(24(16)2)28-12-17(25)21-18-14(10-20)8-9-27-18/h4-9H,3,11-12H2,1-2H3,(H,21,25). The zero-order valence-corrected chi connectivity index (χ0v) is 17.1. The van der Waals surface area contributed by atoms with Crippen LogP contribution in [0.2, 0.25) is 0 Å². The number of thioether (sulfide) groups is 1. The maximum atomic E-state index is 12.1. The van der Waals surface area contributed by atoms with Crippen molar-refractivity contribution in [2.24, 2.45) is 7.05 Å². The Bertz CT molecular complexity index is 989. The van der Waals surface area contributed by atoms with Gasteiger partial charge < -0.3 is 14.6 Å². The second-order valence-electron chi connectivity index (χ2n) is 5.86. The number of carbonyl (C=O) groups is 1. The Morgan fingerprint density at radius 2 is 2.11 bits per heavy atom. The maximum Gasteiger partial charge on any atom is 0.235 e. The summed E-state index contributed by atoms with van der Waals surface area (Å²) >= 11 is 2.61. The van der Waals surface area contributed by atoms with Crippen molar-refractivity contribution in [1.82, 2.24) is 14.8 Å². The molecule has 144 valence electrons. The van der Waals surface area contributed by atoms with E-state index in [1.807, 2.05) is 41.9 Å². The number of anilines is 1. The molecule has 0 bridgehead atoms. The summed E-state index contributed by atoms with van der Waals surface area (Å²) in [6.45, 7) is 2.40. The minimum absolute atomic E-state index is 0.175. The minimum atomic E-state index is -0.194. The summed E-state index contributed by atoms with van der Waals surface area (Å²) < 4.78 is 7.58. The zero-order chi connectivity index (χ0) is 19.9. The molecule has 7 nitrogen and oxygen atoms in total. The van der Waals surface area contributed by atoms with Gasteiger partial charge in [-0.15, -0.1) is 21.5 Å². The molecule has 0 aliphatic rings. The molecule has 1 N–H and O–H groups in total. The van der Waals surface area contributed by atoms with Gasteiger partial charge in [0.2, 0.25) is 5.91 Å². The summed E-state index contributed by atoms with van der Waals surface area (Å²) in [6.07, 6.45) is 0.988. The third kappa shape index (κ3) is 4.91. The molecule has 0 atom stereocenters. The summed E-state index contributed by atoms with van der Waals surface area (Å²) in [7, 11) is 1.84. The van der Waals surface area contributed by atoms with Crippen LogP contribution in [0.3, 0.4) is 0 Å². The molecule has 0 saturated heterocycles. The number of rotatable bonds is 8. The molecule has 9 heteroatoms. The fraction of sp³-hybridized carbons (Fsp3) is 0.263. The average molecular weight is 414 g/mol. The topological polar surface area (TPSA) is 92.8 Å². The molecule has 0 aliphatic carbocycles. The maximum absolute atomic E-state index is 12.1. The van der Waals surface area contributed by atoms with Crippen molar-refractivity contribution in [2.45, 2.75) is 25.1 Å². The molecule has 0 spiro atoms. The van der Waals surface area contributed by atoms with E-state index < -0.39 is 0 Å². The van der Waals surface area contributed by atoms with Gasteiger partial charge in [0.15, 0.2) is 11.0 Å². The molecule has 0 saturated carbocycles. The number of nitrogens with zero attached hydrogens (tertiary/aromatic N) is 4. The predicted molar refractivity (Wildman–Crippen MR) is 110 cm³/mol. The van der Waals surface area contributed by atoms with Crippen molar-refractivity contribution < 1.29 is 9.53 Å². The molecule has 0 unspecified atom stereocenters. The fourth-order valence-electron chi connectivity index (χ4n) is 2.35. The summed E-state index contributed by atoms with van der Waals surface area (Å²) in [5, 5.41) is 23.0. The van der Waals surface area contributed by atoms with E-state index in [2.05, 4.69) is 22.4 Å². The number of ether oxygens (including phenoxy) is 1. The highest BCUT2D eigenvalue weighted by molar-refractivity contribution is 7.99. The van der Waals surface area contributed by atoms with E-state index in [0.29, 0.717) is 28.2 Å². The summed E-state index contributed by atoms with van der Waals surface area (Å²) in [5.41, 5.74) is 1.72. The van der Waals surface area contributed by atoms with Crippen LogP contribution in [-0.2, 0) is 24.9 Å². The quantitative estimate of drug-likeness (QED) is 0.567. The molecular formula is C19H19N5O2S2. The zero-order valence-electron chi connectivity index (χ0n) is 15.5. The van der Waals surface area contributed by atoms with Gasteiger partial charge in [-0.3, -0.25) is 4.79 Å². The average Bonchev–Trinajstić information content (AvgIpc) is 3.31. The van der Waals surface area contributed by atoms with E-state index in [9.17, 15) is 4.79 Å². The molecule has 3 aromatic rings. The number of aryl methyl sites for hydroxylation is 1. The lowest BCUT2D eigenvalue weighted by Gasteiger charge is -2.07. The van der Waals surface area contributed by atoms with Crippen LogP contribution in [0.1, 0.15) is 23.9 Å². The largest absolute Gasteiger partial charge is 0.486 e. The van der Waals surface area contributed by atoms with Gasteiger partial charge in [-0.1, -0.05) is 30.8 Å². The van der Waals surface area contributed by atoms with Crippen molar-refractivity contribution in [3.8, 4) is 11.8 Å². The van der Waals surface area contributed by atoms with Gasteiger partial charge in [-0.2, -0.15) is 5.26 Å². The van der Waals surface area contributed by atoms with E-state index >= 15 is 0 Å². The summed E-state index contributed by atoms with van der Waals surface area (Å²) in [4.78, 5) is 12.1. The highest BCUT2D eigenvalue weighted by Crippen LogP contribution is 2.23. The fourth-order valence-corrected chi connectivity index (χ4v) is 3.84. The van der Waals surface area contributed by atoms with E-state index in [0.717, 1.165) is 12.2 Å². The lowest BCUT2D eigenvalue weighted by Crippen LogP contribution is -2.14. The Morgan fingerprint density at radius 3 is 2.82 bits per heavy atom. The smallest absolute Gasteiger partial charge is 0.235 e. The van der Waals surface area contributed by atoms with Gasteiger partial charge in [0.25, 0.3) is 0 Å². The molecule has 0 fully saturated rings. The first-order valence-electron chi connectivity index (χ1n) is 8.61. The highest BCUT2D eigenvalue weighted by atomic mass is 32.2. The van der Waals surface area contributed by atoms with E-state index in [-0.39, 0.29) is 11.7 Å². The van der Waals surface area contributed by atoms with E-state index in [4.69, 9.17) is 10.00 Å². The van der Waals surface area contributed by atoms with Crippen LogP contribution in [0.15, 0.2) is 40.9 Å². The number of hydrogen-bond acceptors (Lipinski definition) is 7. The number of hydrogen-bond donors (Lipinski definition) is 1. The van der Waals surface area contributed by atoms with Crippen LogP contribution >= 0.6 is 23.1 Å². The summed E-state index contributed by atoms with van der Waals surface area (Å²) in [6, 6.07) is 11.7. The van der Waals surface area contributed by atoms with Gasteiger partial charge in [0.1, 0.15) is 23.4 Å². The van der Waals surface area contributed by atoms with Crippen molar-refractivity contribution in [3.63, 3.8) is 0 Å². The van der Waals surface area contributed by atoms with Crippen LogP contribution in [0.25, 0.3) is 0 Å². The number of carbonyl (C=O) groups excluding carboxylic acids is 1. The Hall–Kier alpha value is -2.83. The number of thiophene rings is 1. The Kier molecular flexibility index (Phi) is 6.68. The number of nitriles is 1. The molecule has 2 heterocycles. The van der Waals surface area contributed by atoms with Crippen LogP contribution in [0, 0.1) is 11.3 Å². The predicted octanol–water partition coefficient (Wildman–Crippen LogP) is 3.62. The molecular weight excluding hydrogens is 394 g/mol. The Morgan fingerprint density at radius 1 is 1.32 bits per heavy atom. The lowest BCUT2D eigenvalue weighted by molar-refractivity contribution is -0.113. The summed E-state index contributed by atoms with van der Waals surface area (Å²) in [5.74, 6) is 1.43.